The zero-order chi connectivity index (χ0) is 14.5. The Bertz CT molecular complexity index is 388. The average molecular weight is 274 g/mol. The lowest BCUT2D eigenvalue weighted by Gasteiger charge is -2.35. The minimum atomic E-state index is 0.445. The summed E-state index contributed by atoms with van der Waals surface area (Å²) in [4.78, 5) is 2.54. The molecule has 2 heteroatoms. The number of nitrogens with one attached hydrogen (secondary N) is 1. The molecule has 0 amide bonds. The highest BCUT2D eigenvalue weighted by Crippen LogP contribution is 2.28. The van der Waals surface area contributed by atoms with Gasteiger partial charge in [0.25, 0.3) is 0 Å². The summed E-state index contributed by atoms with van der Waals surface area (Å²) in [6.45, 7) is 12.5. The van der Waals surface area contributed by atoms with Gasteiger partial charge >= 0.3 is 0 Å². The molecule has 1 saturated heterocycles. The van der Waals surface area contributed by atoms with Gasteiger partial charge in [-0.25, -0.2) is 0 Å². The lowest BCUT2D eigenvalue weighted by molar-refractivity contribution is 0.311. The molecular formula is C18H30N2. The summed E-state index contributed by atoms with van der Waals surface area (Å²) in [5, 5.41) is 3.47. The van der Waals surface area contributed by atoms with Crippen LogP contribution in [0.5, 0.6) is 0 Å². The van der Waals surface area contributed by atoms with Crippen LogP contribution >= 0.6 is 0 Å². The maximum Gasteiger partial charge on any atom is 0.0366 e. The summed E-state index contributed by atoms with van der Waals surface area (Å²) in [5.41, 5.74) is 2.77. The van der Waals surface area contributed by atoms with Crippen molar-refractivity contribution in [1.29, 1.82) is 0 Å². The predicted molar refractivity (Wildman–Crippen MR) is 88.3 cm³/mol. The van der Waals surface area contributed by atoms with Crippen LogP contribution < -0.4 is 10.2 Å². The van der Waals surface area contributed by atoms with E-state index in [2.05, 4.69) is 62.2 Å². The van der Waals surface area contributed by atoms with Gasteiger partial charge < -0.3 is 10.2 Å². The molecule has 1 aliphatic rings. The molecule has 1 N–H and O–H groups in total. The Morgan fingerprint density at radius 2 is 1.70 bits per heavy atom. The van der Waals surface area contributed by atoms with Gasteiger partial charge in [0.2, 0.25) is 0 Å². The third-order valence-corrected chi connectivity index (χ3v) is 4.75. The van der Waals surface area contributed by atoms with Gasteiger partial charge in [-0.15, -0.1) is 0 Å². The van der Waals surface area contributed by atoms with Gasteiger partial charge in [-0.05, 0) is 55.8 Å². The predicted octanol–water partition coefficient (Wildman–Crippen LogP) is 4.23. The second-order valence-corrected chi connectivity index (χ2v) is 6.44. The highest BCUT2D eigenvalue weighted by molar-refractivity contribution is 5.48. The number of hydrogen-bond acceptors (Lipinski definition) is 2. The van der Waals surface area contributed by atoms with Crippen LogP contribution in [0.4, 0.5) is 5.69 Å². The Morgan fingerprint density at radius 3 is 2.20 bits per heavy atom. The fraction of sp³-hybridized carbons (Fsp3) is 0.667. The summed E-state index contributed by atoms with van der Waals surface area (Å²) >= 11 is 0. The number of rotatable bonds is 5. The molecule has 112 valence electrons. The van der Waals surface area contributed by atoms with E-state index >= 15 is 0 Å². The monoisotopic (exact) mass is 274 g/mol. The van der Waals surface area contributed by atoms with Gasteiger partial charge in [0, 0.05) is 24.8 Å². The van der Waals surface area contributed by atoms with Crippen molar-refractivity contribution >= 4 is 5.69 Å². The quantitative estimate of drug-likeness (QED) is 0.864. The van der Waals surface area contributed by atoms with Crippen molar-refractivity contribution in [3.8, 4) is 0 Å². The lowest BCUT2D eigenvalue weighted by Crippen LogP contribution is -2.35. The Balaban J connectivity index is 1.94. The van der Waals surface area contributed by atoms with Crippen LogP contribution in [0.1, 0.15) is 52.1 Å². The van der Waals surface area contributed by atoms with Crippen molar-refractivity contribution in [3.05, 3.63) is 29.8 Å². The van der Waals surface area contributed by atoms with Gasteiger partial charge in [-0.3, -0.25) is 0 Å². The van der Waals surface area contributed by atoms with Crippen molar-refractivity contribution < 1.29 is 0 Å². The van der Waals surface area contributed by atoms with E-state index in [4.69, 9.17) is 0 Å². The van der Waals surface area contributed by atoms with E-state index < -0.39 is 0 Å². The van der Waals surface area contributed by atoms with E-state index in [0.717, 1.165) is 18.4 Å². The van der Waals surface area contributed by atoms with Crippen molar-refractivity contribution in [2.45, 2.75) is 46.6 Å². The molecule has 0 spiro atoms. The van der Waals surface area contributed by atoms with Crippen LogP contribution in [0.2, 0.25) is 0 Å². The van der Waals surface area contributed by atoms with Crippen molar-refractivity contribution in [2.75, 3.05) is 24.5 Å². The van der Waals surface area contributed by atoms with Crippen LogP contribution in [0.25, 0.3) is 0 Å². The molecule has 0 aromatic heterocycles. The summed E-state index contributed by atoms with van der Waals surface area (Å²) < 4.78 is 0. The van der Waals surface area contributed by atoms with E-state index in [0.29, 0.717) is 6.04 Å². The van der Waals surface area contributed by atoms with E-state index in [1.807, 2.05) is 0 Å². The number of piperidine rings is 1. The minimum Gasteiger partial charge on any atom is -0.372 e. The van der Waals surface area contributed by atoms with E-state index in [1.165, 1.54) is 37.2 Å². The summed E-state index contributed by atoms with van der Waals surface area (Å²) in [6, 6.07) is 9.58. The van der Waals surface area contributed by atoms with Crippen LogP contribution in [0, 0.1) is 11.8 Å². The first-order valence-corrected chi connectivity index (χ1v) is 8.20. The number of anilines is 1. The third kappa shape index (κ3) is 3.76. The number of benzene rings is 1. The molecule has 1 unspecified atom stereocenters. The zero-order valence-electron chi connectivity index (χ0n) is 13.5. The summed E-state index contributed by atoms with van der Waals surface area (Å²) in [7, 11) is 0. The fourth-order valence-corrected chi connectivity index (χ4v) is 3.22. The largest absolute Gasteiger partial charge is 0.372 e. The second-order valence-electron chi connectivity index (χ2n) is 6.44. The maximum atomic E-state index is 3.47. The van der Waals surface area contributed by atoms with Crippen molar-refractivity contribution in [2.24, 2.45) is 11.8 Å². The molecule has 0 aliphatic carbocycles. The van der Waals surface area contributed by atoms with Gasteiger partial charge in [-0.2, -0.15) is 0 Å². The Kier molecular flexibility index (Phi) is 5.47. The minimum absolute atomic E-state index is 0.445. The van der Waals surface area contributed by atoms with Crippen LogP contribution in [-0.4, -0.2) is 19.6 Å². The highest BCUT2D eigenvalue weighted by Gasteiger charge is 2.21. The Morgan fingerprint density at radius 1 is 1.10 bits per heavy atom. The topological polar surface area (TPSA) is 15.3 Å². The Hall–Kier alpha value is -1.02. The highest BCUT2D eigenvalue weighted by atomic mass is 15.1. The standard InChI is InChI=1S/C18H30N2/c1-5-19-15(4)17-6-8-18(9-7-17)20-12-10-16(11-13-20)14(2)3/h6-9,14-16,19H,5,10-13H2,1-4H3. The van der Waals surface area contributed by atoms with Crippen molar-refractivity contribution in [1.82, 2.24) is 5.32 Å². The first kappa shape index (κ1) is 15.4. The van der Waals surface area contributed by atoms with Gasteiger partial charge in [0.05, 0.1) is 0 Å². The molecule has 1 aromatic carbocycles. The first-order valence-electron chi connectivity index (χ1n) is 8.20. The molecule has 1 heterocycles. The number of hydrogen-bond donors (Lipinski definition) is 1. The van der Waals surface area contributed by atoms with Gasteiger partial charge in [0.15, 0.2) is 0 Å². The maximum absolute atomic E-state index is 3.47. The molecule has 0 bridgehead atoms. The van der Waals surface area contributed by atoms with E-state index in [-0.39, 0.29) is 0 Å². The molecule has 20 heavy (non-hydrogen) atoms. The zero-order valence-corrected chi connectivity index (χ0v) is 13.5. The Labute approximate surface area is 124 Å². The summed E-state index contributed by atoms with van der Waals surface area (Å²) in [5.74, 6) is 1.75. The molecular weight excluding hydrogens is 244 g/mol. The van der Waals surface area contributed by atoms with Crippen LogP contribution in [0.15, 0.2) is 24.3 Å². The molecule has 2 nitrogen and oxygen atoms in total. The molecule has 0 saturated carbocycles. The SMILES string of the molecule is CCNC(C)c1ccc(N2CCC(C(C)C)CC2)cc1. The van der Waals surface area contributed by atoms with Gasteiger partial charge in [0.1, 0.15) is 0 Å². The lowest BCUT2D eigenvalue weighted by atomic mass is 9.86. The van der Waals surface area contributed by atoms with Crippen molar-refractivity contribution in [3.63, 3.8) is 0 Å². The molecule has 2 rings (SSSR count). The molecule has 1 aromatic rings. The van der Waals surface area contributed by atoms with E-state index in [9.17, 15) is 0 Å². The third-order valence-electron chi connectivity index (χ3n) is 4.75. The smallest absolute Gasteiger partial charge is 0.0366 e. The second kappa shape index (κ2) is 7.12. The van der Waals surface area contributed by atoms with Gasteiger partial charge in [-0.1, -0.05) is 32.9 Å². The van der Waals surface area contributed by atoms with E-state index in [1.54, 1.807) is 0 Å². The molecule has 1 aliphatic heterocycles. The van der Waals surface area contributed by atoms with Crippen LogP contribution in [-0.2, 0) is 0 Å². The fourth-order valence-electron chi connectivity index (χ4n) is 3.22. The average Bonchev–Trinajstić information content (AvgIpc) is 2.48. The van der Waals surface area contributed by atoms with Crippen LogP contribution in [0.3, 0.4) is 0 Å². The summed E-state index contributed by atoms with van der Waals surface area (Å²) in [6.07, 6.45) is 2.68. The first-order chi connectivity index (χ1) is 9.61. The number of nitrogens with zero attached hydrogens (tertiary/aromatic N) is 1. The normalized spacial score (nSPS) is 18.6. The molecule has 0 radical (unpaired) electrons. The molecule has 1 atom stereocenters. The molecule has 1 fully saturated rings.